The molecule has 0 aliphatic carbocycles. The quantitative estimate of drug-likeness (QED) is 0.252. The molecule has 0 fully saturated rings. The lowest BCUT2D eigenvalue weighted by atomic mass is 9.98. The zero-order chi connectivity index (χ0) is 33.4. The van der Waals surface area contributed by atoms with Gasteiger partial charge < -0.3 is 43.1 Å². The van der Waals surface area contributed by atoms with Crippen LogP contribution in [-0.4, -0.2) is 77.2 Å². The summed E-state index contributed by atoms with van der Waals surface area (Å²) in [6.07, 6.45) is 2.51. The molecule has 1 aromatic heterocycles. The van der Waals surface area contributed by atoms with Gasteiger partial charge in [-0.25, -0.2) is 0 Å². The fourth-order valence-electron chi connectivity index (χ4n) is 6.93. The molecular formula is C36H42N6O6. The molecule has 0 saturated heterocycles. The largest absolute Gasteiger partial charge is 0.493 e. The van der Waals surface area contributed by atoms with Crippen molar-refractivity contribution in [3.63, 3.8) is 0 Å². The Labute approximate surface area is 281 Å². The topological polar surface area (TPSA) is 104 Å². The van der Waals surface area contributed by atoms with Crippen LogP contribution >= 0.6 is 0 Å². The summed E-state index contributed by atoms with van der Waals surface area (Å²) in [5.74, 6) is 6.36. The van der Waals surface area contributed by atoms with Crippen molar-refractivity contribution in [2.45, 2.75) is 38.9 Å². The number of rotatable bonds is 9. The van der Waals surface area contributed by atoms with E-state index in [9.17, 15) is 0 Å². The van der Waals surface area contributed by atoms with Gasteiger partial charge in [0.2, 0.25) is 17.8 Å². The molecule has 0 unspecified atom stereocenters. The van der Waals surface area contributed by atoms with Gasteiger partial charge in [-0.3, -0.25) is 0 Å². The summed E-state index contributed by atoms with van der Waals surface area (Å²) in [7, 11) is 10.0. The van der Waals surface area contributed by atoms with Gasteiger partial charge in [0.15, 0.2) is 34.5 Å². The van der Waals surface area contributed by atoms with Crippen molar-refractivity contribution in [2.75, 3.05) is 77.0 Å². The van der Waals surface area contributed by atoms with Crippen LogP contribution in [0.3, 0.4) is 0 Å². The van der Waals surface area contributed by atoms with E-state index in [1.807, 2.05) is 0 Å². The molecule has 3 aromatic carbocycles. The zero-order valence-electron chi connectivity index (χ0n) is 28.5. The summed E-state index contributed by atoms with van der Waals surface area (Å²) in [5, 5.41) is 0. The molecule has 0 spiro atoms. The van der Waals surface area contributed by atoms with Crippen molar-refractivity contribution in [3.05, 3.63) is 69.8 Å². The van der Waals surface area contributed by atoms with Crippen LogP contribution in [0.15, 0.2) is 36.4 Å². The lowest BCUT2D eigenvalue weighted by Gasteiger charge is -2.34. The number of aromatic nitrogens is 3. The third-order valence-electron chi connectivity index (χ3n) is 9.60. The highest BCUT2D eigenvalue weighted by Gasteiger charge is 2.28. The van der Waals surface area contributed by atoms with Gasteiger partial charge in [-0.2, -0.15) is 15.0 Å². The van der Waals surface area contributed by atoms with Crippen LogP contribution in [0.1, 0.15) is 33.4 Å². The summed E-state index contributed by atoms with van der Waals surface area (Å²) in [6.45, 7) is 4.26. The molecule has 4 aromatic rings. The maximum atomic E-state index is 5.63. The SMILES string of the molecule is COc1cc2c(cc1OC)CN(c1nc(N3CCc4cc(OC)c(OC)cc4C3)nc(N3CCc4cc(OC)c(OC)cc4C3)n1)CC2. The molecule has 0 bridgehead atoms. The number of fused-ring (bicyclic) bond motifs is 3. The Bertz CT molecular complexity index is 1610. The lowest BCUT2D eigenvalue weighted by Crippen LogP contribution is -2.37. The Balaban J connectivity index is 1.25. The van der Waals surface area contributed by atoms with Crippen LogP contribution in [0.4, 0.5) is 17.8 Å². The fourth-order valence-corrected chi connectivity index (χ4v) is 6.93. The van der Waals surface area contributed by atoms with Crippen LogP contribution in [0.2, 0.25) is 0 Å². The van der Waals surface area contributed by atoms with Crippen molar-refractivity contribution in [1.82, 2.24) is 15.0 Å². The maximum absolute atomic E-state index is 5.63. The fraction of sp³-hybridized carbons (Fsp3) is 0.417. The smallest absolute Gasteiger partial charge is 0.232 e. The van der Waals surface area contributed by atoms with Gasteiger partial charge in [0.25, 0.3) is 0 Å². The van der Waals surface area contributed by atoms with Gasteiger partial charge in [-0.1, -0.05) is 0 Å². The van der Waals surface area contributed by atoms with E-state index < -0.39 is 0 Å². The minimum absolute atomic E-state index is 0.651. The molecule has 0 saturated carbocycles. The monoisotopic (exact) mass is 654 g/mol. The molecule has 12 heteroatoms. The first kappa shape index (κ1) is 31.5. The second-order valence-corrected chi connectivity index (χ2v) is 12.2. The number of nitrogens with zero attached hydrogens (tertiary/aromatic N) is 6. The normalized spacial score (nSPS) is 15.2. The first-order valence-electron chi connectivity index (χ1n) is 16.2. The summed E-state index contributed by atoms with van der Waals surface area (Å²) in [5.41, 5.74) is 7.24. The van der Waals surface area contributed by atoms with Crippen LogP contribution in [-0.2, 0) is 38.9 Å². The van der Waals surface area contributed by atoms with E-state index in [1.54, 1.807) is 42.7 Å². The molecule has 12 nitrogen and oxygen atoms in total. The number of methoxy groups -OCH3 is 6. The van der Waals surface area contributed by atoms with Crippen molar-refractivity contribution in [1.29, 1.82) is 0 Å². The highest BCUT2D eigenvalue weighted by molar-refractivity contribution is 5.56. The van der Waals surface area contributed by atoms with E-state index in [-0.39, 0.29) is 0 Å². The number of anilines is 3. The number of hydrogen-bond donors (Lipinski definition) is 0. The van der Waals surface area contributed by atoms with Crippen LogP contribution < -0.4 is 43.1 Å². The predicted octanol–water partition coefficient (Wildman–Crippen LogP) is 4.61. The number of ether oxygens (including phenoxy) is 6. The average Bonchev–Trinajstić information content (AvgIpc) is 3.15. The van der Waals surface area contributed by atoms with Gasteiger partial charge in [0, 0.05) is 39.3 Å². The average molecular weight is 655 g/mol. The highest BCUT2D eigenvalue weighted by Crippen LogP contribution is 2.38. The van der Waals surface area contributed by atoms with Crippen molar-refractivity contribution >= 4 is 17.8 Å². The Hall–Kier alpha value is -5.13. The lowest BCUT2D eigenvalue weighted by molar-refractivity contribution is 0.353. The first-order valence-corrected chi connectivity index (χ1v) is 16.2. The van der Waals surface area contributed by atoms with Gasteiger partial charge in [-0.05, 0) is 89.0 Å². The van der Waals surface area contributed by atoms with Crippen molar-refractivity contribution in [2.24, 2.45) is 0 Å². The predicted molar refractivity (Wildman–Crippen MR) is 183 cm³/mol. The van der Waals surface area contributed by atoms with E-state index in [0.29, 0.717) is 54.7 Å². The van der Waals surface area contributed by atoms with E-state index in [2.05, 4.69) is 51.1 Å². The maximum Gasteiger partial charge on any atom is 0.232 e. The molecule has 0 N–H and O–H groups in total. The van der Waals surface area contributed by atoms with Gasteiger partial charge in [0.1, 0.15) is 0 Å². The third kappa shape index (κ3) is 5.80. The number of benzene rings is 3. The number of hydrogen-bond acceptors (Lipinski definition) is 12. The van der Waals surface area contributed by atoms with E-state index in [0.717, 1.165) is 56.1 Å². The van der Waals surface area contributed by atoms with Crippen molar-refractivity contribution in [3.8, 4) is 34.5 Å². The molecule has 252 valence electrons. The second-order valence-electron chi connectivity index (χ2n) is 12.2. The second kappa shape index (κ2) is 13.2. The molecule has 0 amide bonds. The van der Waals surface area contributed by atoms with Gasteiger partial charge >= 0.3 is 0 Å². The van der Waals surface area contributed by atoms with E-state index in [4.69, 9.17) is 43.4 Å². The molecule has 0 atom stereocenters. The highest BCUT2D eigenvalue weighted by atomic mass is 16.5. The Morgan fingerprint density at radius 3 is 0.833 bits per heavy atom. The summed E-state index contributed by atoms with van der Waals surface area (Å²) >= 11 is 0. The van der Waals surface area contributed by atoms with Crippen LogP contribution in [0, 0.1) is 0 Å². The summed E-state index contributed by atoms with van der Waals surface area (Å²) in [6, 6.07) is 12.4. The third-order valence-corrected chi connectivity index (χ3v) is 9.60. The van der Waals surface area contributed by atoms with E-state index in [1.165, 1.54) is 33.4 Å². The Kier molecular flexibility index (Phi) is 8.63. The minimum atomic E-state index is 0.651. The molecule has 3 aliphatic heterocycles. The summed E-state index contributed by atoms with van der Waals surface area (Å²) < 4.78 is 33.6. The van der Waals surface area contributed by atoms with Crippen LogP contribution in [0.25, 0.3) is 0 Å². The molecule has 0 radical (unpaired) electrons. The Morgan fingerprint density at radius 1 is 0.375 bits per heavy atom. The molecule has 7 rings (SSSR count). The van der Waals surface area contributed by atoms with Crippen LogP contribution in [0.5, 0.6) is 34.5 Å². The molecular weight excluding hydrogens is 612 g/mol. The standard InChI is InChI=1S/C36H42N6O6/c1-43-28-13-22-7-10-40(19-25(22)16-31(28)46-4)34-37-35(41-11-8-23-14-29(44-2)32(47-5)17-26(23)20-41)39-36(38-34)42-12-9-24-15-30(45-3)33(48-6)18-27(24)21-42/h13-18H,7-12,19-21H2,1-6H3. The minimum Gasteiger partial charge on any atom is -0.493 e. The van der Waals surface area contributed by atoms with Crippen molar-refractivity contribution < 1.29 is 28.4 Å². The molecule has 3 aliphatic rings. The van der Waals surface area contributed by atoms with E-state index >= 15 is 0 Å². The first-order chi connectivity index (χ1) is 23.4. The van der Waals surface area contributed by atoms with Gasteiger partial charge in [-0.15, -0.1) is 0 Å². The zero-order valence-corrected chi connectivity index (χ0v) is 28.5. The molecule has 48 heavy (non-hydrogen) atoms. The van der Waals surface area contributed by atoms with Gasteiger partial charge in [0.05, 0.1) is 42.7 Å². The summed E-state index contributed by atoms with van der Waals surface area (Å²) in [4.78, 5) is 22.1. The molecule has 4 heterocycles. The Morgan fingerprint density at radius 2 is 0.604 bits per heavy atom.